The maximum absolute atomic E-state index is 12.4. The first-order valence-corrected chi connectivity index (χ1v) is 7.89. The van der Waals surface area contributed by atoms with E-state index >= 15 is 0 Å². The highest BCUT2D eigenvalue weighted by Crippen LogP contribution is 2.24. The Balaban J connectivity index is 2.09. The molecule has 1 saturated heterocycles. The molecule has 6 heteroatoms. The first-order chi connectivity index (χ1) is 11.8. The van der Waals surface area contributed by atoms with E-state index in [4.69, 9.17) is 0 Å². The molecule has 1 fully saturated rings. The molecule has 1 aliphatic heterocycles. The van der Waals surface area contributed by atoms with Crippen molar-refractivity contribution in [2.24, 2.45) is 0 Å². The summed E-state index contributed by atoms with van der Waals surface area (Å²) in [4.78, 5) is 38.4. The predicted octanol–water partition coefficient (Wildman–Crippen LogP) is 2.53. The van der Waals surface area contributed by atoms with E-state index in [-0.39, 0.29) is 5.57 Å². The van der Waals surface area contributed by atoms with Gasteiger partial charge in [0.1, 0.15) is 5.57 Å². The van der Waals surface area contributed by atoms with Gasteiger partial charge in [-0.1, -0.05) is 18.2 Å². The van der Waals surface area contributed by atoms with Gasteiger partial charge in [-0.3, -0.25) is 19.4 Å². The van der Waals surface area contributed by atoms with Crippen molar-refractivity contribution < 1.29 is 14.4 Å². The molecule has 1 aliphatic rings. The number of urea groups is 1. The van der Waals surface area contributed by atoms with Gasteiger partial charge in [0, 0.05) is 31.2 Å². The summed E-state index contributed by atoms with van der Waals surface area (Å²) >= 11 is 0. The number of carbonyl (C=O) groups excluding carboxylic acids is 3. The second kappa shape index (κ2) is 6.05. The van der Waals surface area contributed by atoms with Crippen molar-refractivity contribution in [3.8, 4) is 5.69 Å². The van der Waals surface area contributed by atoms with Crippen LogP contribution in [0.2, 0.25) is 0 Å². The number of benzene rings is 1. The Hall–Kier alpha value is -3.15. The van der Waals surface area contributed by atoms with Gasteiger partial charge >= 0.3 is 6.03 Å². The highest BCUT2D eigenvalue weighted by molar-refractivity contribution is 6.30. The first-order valence-electron chi connectivity index (χ1n) is 7.89. The molecule has 2 heterocycles. The molecule has 0 N–H and O–H groups in total. The van der Waals surface area contributed by atoms with Gasteiger partial charge in [-0.05, 0) is 43.7 Å². The van der Waals surface area contributed by atoms with E-state index < -0.39 is 17.8 Å². The molecule has 1 aromatic carbocycles. The predicted molar refractivity (Wildman–Crippen MR) is 94.2 cm³/mol. The Morgan fingerprint density at radius 1 is 0.880 bits per heavy atom. The van der Waals surface area contributed by atoms with Crippen LogP contribution in [0.3, 0.4) is 0 Å². The zero-order valence-corrected chi connectivity index (χ0v) is 14.6. The van der Waals surface area contributed by atoms with E-state index in [2.05, 4.69) is 4.57 Å². The zero-order valence-electron chi connectivity index (χ0n) is 14.6. The lowest BCUT2D eigenvalue weighted by Crippen LogP contribution is -2.52. The van der Waals surface area contributed by atoms with E-state index in [9.17, 15) is 14.4 Å². The van der Waals surface area contributed by atoms with Crippen LogP contribution in [-0.2, 0) is 9.59 Å². The third-order valence-corrected chi connectivity index (χ3v) is 4.43. The SMILES string of the molecule is Cc1cc(C=C2C(=O)N(C)C(=O)N(C)C2=O)c(C)n1-c1ccccc1. The molecule has 0 radical (unpaired) electrons. The van der Waals surface area contributed by atoms with Gasteiger partial charge in [0.05, 0.1) is 0 Å². The minimum Gasteiger partial charge on any atom is -0.318 e. The highest BCUT2D eigenvalue weighted by atomic mass is 16.2. The molecule has 0 aliphatic carbocycles. The molecule has 25 heavy (non-hydrogen) atoms. The second-order valence-electron chi connectivity index (χ2n) is 6.07. The van der Waals surface area contributed by atoms with Crippen molar-refractivity contribution in [3.05, 3.63) is 58.9 Å². The van der Waals surface area contributed by atoms with Gasteiger partial charge in [0.2, 0.25) is 0 Å². The summed E-state index contributed by atoms with van der Waals surface area (Å²) in [5.41, 5.74) is 3.67. The minimum absolute atomic E-state index is 0.0158. The number of aromatic nitrogens is 1. The van der Waals surface area contributed by atoms with Gasteiger partial charge in [-0.15, -0.1) is 0 Å². The number of hydrogen-bond donors (Lipinski definition) is 0. The monoisotopic (exact) mass is 337 g/mol. The maximum atomic E-state index is 12.4. The van der Waals surface area contributed by atoms with E-state index in [1.54, 1.807) is 6.08 Å². The Kier molecular flexibility index (Phi) is 4.04. The average Bonchev–Trinajstić information content (AvgIpc) is 2.89. The second-order valence-corrected chi connectivity index (χ2v) is 6.07. The fourth-order valence-electron chi connectivity index (χ4n) is 3.04. The number of hydrogen-bond acceptors (Lipinski definition) is 3. The molecule has 2 aromatic rings. The number of imide groups is 2. The smallest absolute Gasteiger partial charge is 0.318 e. The summed E-state index contributed by atoms with van der Waals surface area (Å²) < 4.78 is 2.06. The topological polar surface area (TPSA) is 62.6 Å². The van der Waals surface area contributed by atoms with Crippen LogP contribution in [0.4, 0.5) is 4.79 Å². The number of rotatable bonds is 2. The highest BCUT2D eigenvalue weighted by Gasteiger charge is 2.37. The Labute approximate surface area is 146 Å². The molecule has 0 spiro atoms. The van der Waals surface area contributed by atoms with Crippen LogP contribution in [0.15, 0.2) is 42.0 Å². The summed E-state index contributed by atoms with van der Waals surface area (Å²) in [5.74, 6) is -1.17. The van der Waals surface area contributed by atoms with Crippen molar-refractivity contribution in [2.75, 3.05) is 14.1 Å². The largest absolute Gasteiger partial charge is 0.333 e. The number of nitrogens with zero attached hydrogens (tertiary/aromatic N) is 3. The molecule has 6 nitrogen and oxygen atoms in total. The first kappa shape index (κ1) is 16.7. The van der Waals surface area contributed by atoms with Crippen LogP contribution >= 0.6 is 0 Å². The molecule has 0 saturated carbocycles. The van der Waals surface area contributed by atoms with Gasteiger partial charge in [0.15, 0.2) is 0 Å². The summed E-state index contributed by atoms with van der Waals surface area (Å²) in [5, 5.41) is 0. The van der Waals surface area contributed by atoms with Crippen molar-refractivity contribution in [2.45, 2.75) is 13.8 Å². The van der Waals surface area contributed by atoms with Gasteiger partial charge in [-0.25, -0.2) is 4.79 Å². The standard InChI is InChI=1S/C19H19N3O3/c1-12-10-14(13(2)22(12)15-8-6-5-7-9-15)11-16-17(23)20(3)19(25)21(4)18(16)24/h5-11H,1-4H3. The van der Waals surface area contributed by atoms with Crippen LogP contribution < -0.4 is 0 Å². The van der Waals surface area contributed by atoms with E-state index in [0.29, 0.717) is 0 Å². The Morgan fingerprint density at radius 3 is 2.00 bits per heavy atom. The summed E-state index contributed by atoms with van der Waals surface area (Å²) in [6.45, 7) is 3.90. The fourth-order valence-corrected chi connectivity index (χ4v) is 3.04. The van der Waals surface area contributed by atoms with Crippen LogP contribution in [0.5, 0.6) is 0 Å². The van der Waals surface area contributed by atoms with Crippen LogP contribution in [-0.4, -0.2) is 46.3 Å². The van der Waals surface area contributed by atoms with Crippen molar-refractivity contribution >= 4 is 23.9 Å². The van der Waals surface area contributed by atoms with Gasteiger partial charge < -0.3 is 4.57 Å². The van der Waals surface area contributed by atoms with Crippen LogP contribution in [0.1, 0.15) is 17.0 Å². The van der Waals surface area contributed by atoms with Crippen molar-refractivity contribution in [3.63, 3.8) is 0 Å². The van der Waals surface area contributed by atoms with Crippen LogP contribution in [0, 0.1) is 13.8 Å². The molecule has 0 unspecified atom stereocenters. The Morgan fingerprint density at radius 2 is 1.44 bits per heavy atom. The average molecular weight is 337 g/mol. The number of para-hydroxylation sites is 1. The summed E-state index contributed by atoms with van der Waals surface area (Å²) in [6, 6.07) is 11.1. The van der Waals surface area contributed by atoms with E-state index in [1.165, 1.54) is 14.1 Å². The van der Waals surface area contributed by atoms with Gasteiger partial charge in [0.25, 0.3) is 11.8 Å². The number of likely N-dealkylation sites (N-methyl/N-ethyl adjacent to an activating group) is 2. The molecular weight excluding hydrogens is 318 g/mol. The summed E-state index contributed by atoms with van der Waals surface area (Å²) in [7, 11) is 2.74. The molecule has 0 atom stereocenters. The molecule has 1 aromatic heterocycles. The normalized spacial score (nSPS) is 15.2. The van der Waals surface area contributed by atoms with Crippen molar-refractivity contribution in [1.29, 1.82) is 0 Å². The third kappa shape index (κ3) is 2.65. The number of aryl methyl sites for hydroxylation is 1. The fraction of sp³-hybridized carbons (Fsp3) is 0.211. The molecule has 3 rings (SSSR count). The molecule has 128 valence electrons. The number of barbiturate groups is 1. The quantitative estimate of drug-likeness (QED) is 0.625. The lowest BCUT2D eigenvalue weighted by Gasteiger charge is -2.28. The van der Waals surface area contributed by atoms with Gasteiger partial charge in [-0.2, -0.15) is 0 Å². The van der Waals surface area contributed by atoms with E-state index in [0.717, 1.165) is 32.4 Å². The summed E-state index contributed by atoms with van der Waals surface area (Å²) in [6.07, 6.45) is 1.56. The lowest BCUT2D eigenvalue weighted by atomic mass is 10.1. The maximum Gasteiger partial charge on any atom is 0.333 e. The number of carbonyl (C=O) groups is 3. The van der Waals surface area contributed by atoms with Crippen LogP contribution in [0.25, 0.3) is 11.8 Å². The molecule has 4 amide bonds. The van der Waals surface area contributed by atoms with Crippen molar-refractivity contribution in [1.82, 2.24) is 14.4 Å². The molecular formula is C19H19N3O3. The third-order valence-electron chi connectivity index (χ3n) is 4.43. The lowest BCUT2D eigenvalue weighted by molar-refractivity contribution is -0.134. The van der Waals surface area contributed by atoms with E-state index in [1.807, 2.05) is 50.2 Å². The zero-order chi connectivity index (χ0) is 18.3. The molecule has 0 bridgehead atoms. The Bertz CT molecular complexity index is 883. The number of amides is 4. The minimum atomic E-state index is -0.623.